The second-order valence-corrected chi connectivity index (χ2v) is 6.42. The molecule has 2 heterocycles. The first kappa shape index (κ1) is 18.5. The summed E-state index contributed by atoms with van der Waals surface area (Å²) < 4.78 is 11.7. The molecular formula is C20H19N5O4. The Balaban J connectivity index is 1.50. The smallest absolute Gasteiger partial charge is 0.252 e. The summed E-state index contributed by atoms with van der Waals surface area (Å²) in [5, 5.41) is 9.86. The number of rotatable bonds is 6. The SMILES string of the molecule is COc1ccc(-c2nc3n(n2)C(CC(=O)Nc2cccc(OC)c2)C(=O)N3)cc1. The molecule has 3 aromatic rings. The van der Waals surface area contributed by atoms with Gasteiger partial charge >= 0.3 is 0 Å². The molecule has 0 bridgehead atoms. The highest BCUT2D eigenvalue weighted by Crippen LogP contribution is 2.29. The van der Waals surface area contributed by atoms with Crippen LogP contribution >= 0.6 is 0 Å². The van der Waals surface area contributed by atoms with Crippen LogP contribution in [0.25, 0.3) is 11.4 Å². The standard InChI is InChI=1S/C20H19N5O4/c1-28-14-8-6-12(7-9-14)18-22-20-23-19(27)16(25(20)24-18)11-17(26)21-13-4-3-5-15(10-13)29-2/h3-10,16H,11H2,1-2H3,(H,21,26)(H,22,23,24,27). The summed E-state index contributed by atoms with van der Waals surface area (Å²) in [5.74, 6) is 1.50. The molecule has 1 unspecified atom stereocenters. The molecule has 0 aliphatic carbocycles. The van der Waals surface area contributed by atoms with Crippen molar-refractivity contribution >= 4 is 23.5 Å². The van der Waals surface area contributed by atoms with E-state index in [2.05, 4.69) is 20.7 Å². The zero-order valence-electron chi connectivity index (χ0n) is 15.9. The van der Waals surface area contributed by atoms with E-state index in [1.165, 1.54) is 4.68 Å². The van der Waals surface area contributed by atoms with Gasteiger partial charge in [-0.25, -0.2) is 4.68 Å². The van der Waals surface area contributed by atoms with Gasteiger partial charge in [-0.2, -0.15) is 4.98 Å². The third kappa shape index (κ3) is 3.75. The zero-order chi connectivity index (χ0) is 20.4. The molecule has 1 aromatic heterocycles. The number of anilines is 2. The average Bonchev–Trinajstić information content (AvgIpc) is 3.26. The van der Waals surface area contributed by atoms with Gasteiger partial charge in [-0.05, 0) is 36.4 Å². The van der Waals surface area contributed by atoms with Gasteiger partial charge in [0.25, 0.3) is 5.91 Å². The van der Waals surface area contributed by atoms with E-state index in [0.717, 1.165) is 11.3 Å². The first-order valence-corrected chi connectivity index (χ1v) is 8.93. The Morgan fingerprint density at radius 2 is 1.90 bits per heavy atom. The van der Waals surface area contributed by atoms with Crippen molar-refractivity contribution in [2.75, 3.05) is 24.9 Å². The fourth-order valence-electron chi connectivity index (χ4n) is 3.06. The van der Waals surface area contributed by atoms with Gasteiger partial charge in [0.15, 0.2) is 5.82 Å². The Kier molecular flexibility index (Phi) is 4.86. The number of hydrogen-bond acceptors (Lipinski definition) is 6. The molecule has 0 saturated heterocycles. The molecule has 1 atom stereocenters. The van der Waals surface area contributed by atoms with E-state index >= 15 is 0 Å². The van der Waals surface area contributed by atoms with Crippen LogP contribution in [-0.2, 0) is 9.59 Å². The van der Waals surface area contributed by atoms with Crippen molar-refractivity contribution in [3.63, 3.8) is 0 Å². The Bertz CT molecular complexity index is 1060. The van der Waals surface area contributed by atoms with Crippen LogP contribution in [0.4, 0.5) is 11.6 Å². The molecular weight excluding hydrogens is 374 g/mol. The highest BCUT2D eigenvalue weighted by Gasteiger charge is 2.35. The molecule has 4 rings (SSSR count). The van der Waals surface area contributed by atoms with Crippen molar-refractivity contribution < 1.29 is 19.1 Å². The number of amides is 2. The molecule has 9 nitrogen and oxygen atoms in total. The van der Waals surface area contributed by atoms with Crippen molar-refractivity contribution in [3.8, 4) is 22.9 Å². The zero-order valence-corrected chi connectivity index (χ0v) is 15.9. The van der Waals surface area contributed by atoms with E-state index in [1.54, 1.807) is 50.6 Å². The van der Waals surface area contributed by atoms with E-state index in [1.807, 2.05) is 12.1 Å². The lowest BCUT2D eigenvalue weighted by atomic mass is 10.2. The van der Waals surface area contributed by atoms with Gasteiger partial charge in [0.2, 0.25) is 11.9 Å². The van der Waals surface area contributed by atoms with E-state index in [9.17, 15) is 9.59 Å². The number of ether oxygens (including phenoxy) is 2. The lowest BCUT2D eigenvalue weighted by molar-refractivity contribution is -0.123. The van der Waals surface area contributed by atoms with E-state index in [-0.39, 0.29) is 18.2 Å². The maximum absolute atomic E-state index is 12.5. The third-order valence-electron chi connectivity index (χ3n) is 4.54. The quantitative estimate of drug-likeness (QED) is 0.666. The van der Waals surface area contributed by atoms with Crippen LogP contribution in [0.3, 0.4) is 0 Å². The molecule has 2 N–H and O–H groups in total. The molecule has 1 aliphatic rings. The normalized spacial score (nSPS) is 14.8. The average molecular weight is 393 g/mol. The van der Waals surface area contributed by atoms with Gasteiger partial charge in [-0.3, -0.25) is 14.9 Å². The Morgan fingerprint density at radius 1 is 1.14 bits per heavy atom. The molecule has 2 aromatic carbocycles. The van der Waals surface area contributed by atoms with Crippen LogP contribution in [0, 0.1) is 0 Å². The van der Waals surface area contributed by atoms with Gasteiger partial charge in [0.1, 0.15) is 17.5 Å². The minimum atomic E-state index is -0.768. The Morgan fingerprint density at radius 3 is 2.62 bits per heavy atom. The molecule has 9 heteroatoms. The fraction of sp³-hybridized carbons (Fsp3) is 0.200. The summed E-state index contributed by atoms with van der Waals surface area (Å²) >= 11 is 0. The van der Waals surface area contributed by atoms with Crippen LogP contribution < -0.4 is 20.1 Å². The third-order valence-corrected chi connectivity index (χ3v) is 4.54. The first-order valence-electron chi connectivity index (χ1n) is 8.93. The molecule has 0 radical (unpaired) electrons. The van der Waals surface area contributed by atoms with Crippen LogP contribution in [-0.4, -0.2) is 40.8 Å². The lowest BCUT2D eigenvalue weighted by Crippen LogP contribution is -2.23. The summed E-state index contributed by atoms with van der Waals surface area (Å²) in [6.45, 7) is 0. The van der Waals surface area contributed by atoms with Gasteiger partial charge in [-0.15, -0.1) is 5.10 Å². The van der Waals surface area contributed by atoms with Crippen molar-refractivity contribution in [3.05, 3.63) is 48.5 Å². The topological polar surface area (TPSA) is 107 Å². The highest BCUT2D eigenvalue weighted by atomic mass is 16.5. The summed E-state index contributed by atoms with van der Waals surface area (Å²) in [5.41, 5.74) is 1.37. The second-order valence-electron chi connectivity index (χ2n) is 6.42. The van der Waals surface area contributed by atoms with Gasteiger partial charge in [-0.1, -0.05) is 6.07 Å². The number of nitrogens with one attached hydrogen (secondary N) is 2. The van der Waals surface area contributed by atoms with Crippen LogP contribution in [0.5, 0.6) is 11.5 Å². The van der Waals surface area contributed by atoms with E-state index in [0.29, 0.717) is 23.2 Å². The Labute approximate surface area is 166 Å². The number of carbonyl (C=O) groups is 2. The number of nitrogens with zero attached hydrogens (tertiary/aromatic N) is 3. The highest BCUT2D eigenvalue weighted by molar-refractivity contribution is 6.01. The number of benzene rings is 2. The van der Waals surface area contributed by atoms with E-state index in [4.69, 9.17) is 9.47 Å². The first-order chi connectivity index (χ1) is 14.1. The predicted molar refractivity (Wildman–Crippen MR) is 106 cm³/mol. The molecule has 0 saturated carbocycles. The van der Waals surface area contributed by atoms with Crippen molar-refractivity contribution in [1.29, 1.82) is 0 Å². The summed E-state index contributed by atoms with van der Waals surface area (Å²) in [6, 6.07) is 13.5. The van der Waals surface area contributed by atoms with Crippen molar-refractivity contribution in [2.24, 2.45) is 0 Å². The summed E-state index contributed by atoms with van der Waals surface area (Å²) in [4.78, 5) is 29.1. The van der Waals surface area contributed by atoms with Crippen LogP contribution in [0.2, 0.25) is 0 Å². The van der Waals surface area contributed by atoms with Gasteiger partial charge in [0, 0.05) is 17.3 Å². The number of hydrogen-bond donors (Lipinski definition) is 2. The van der Waals surface area contributed by atoms with Crippen LogP contribution in [0.1, 0.15) is 12.5 Å². The number of fused-ring (bicyclic) bond motifs is 1. The van der Waals surface area contributed by atoms with Crippen molar-refractivity contribution in [1.82, 2.24) is 14.8 Å². The molecule has 148 valence electrons. The lowest BCUT2D eigenvalue weighted by Gasteiger charge is -2.10. The number of aromatic nitrogens is 3. The van der Waals surface area contributed by atoms with Gasteiger partial charge in [0.05, 0.1) is 20.6 Å². The molecule has 2 amide bonds. The largest absolute Gasteiger partial charge is 0.497 e. The number of carbonyl (C=O) groups excluding carboxylic acids is 2. The molecule has 1 aliphatic heterocycles. The Hall–Kier alpha value is -3.88. The second kappa shape index (κ2) is 7.63. The molecule has 0 fully saturated rings. The maximum Gasteiger partial charge on any atom is 0.252 e. The molecule has 29 heavy (non-hydrogen) atoms. The summed E-state index contributed by atoms with van der Waals surface area (Å²) in [6.07, 6.45) is -0.0680. The fourth-order valence-corrected chi connectivity index (χ4v) is 3.06. The minimum Gasteiger partial charge on any atom is -0.497 e. The van der Waals surface area contributed by atoms with Crippen LogP contribution in [0.15, 0.2) is 48.5 Å². The van der Waals surface area contributed by atoms with Crippen molar-refractivity contribution in [2.45, 2.75) is 12.5 Å². The maximum atomic E-state index is 12.5. The van der Waals surface area contributed by atoms with E-state index < -0.39 is 6.04 Å². The predicted octanol–water partition coefficient (Wildman–Crippen LogP) is 2.48. The monoisotopic (exact) mass is 393 g/mol. The van der Waals surface area contributed by atoms with Gasteiger partial charge < -0.3 is 14.8 Å². The minimum absolute atomic E-state index is 0.0680. The summed E-state index contributed by atoms with van der Waals surface area (Å²) in [7, 11) is 3.14. The molecule has 0 spiro atoms. The number of methoxy groups -OCH3 is 2.